The molecule has 0 spiro atoms. The number of carboxylic acids is 1. The highest BCUT2D eigenvalue weighted by atomic mass is 16.5. The Hall–Kier alpha value is -3.36. The van der Waals surface area contributed by atoms with Crippen LogP contribution in [0.1, 0.15) is 57.8 Å². The number of oxazole rings is 1. The molecule has 2 N–H and O–H groups in total. The first kappa shape index (κ1) is 24.3. The summed E-state index contributed by atoms with van der Waals surface area (Å²) in [7, 11) is 0. The van der Waals surface area contributed by atoms with Crippen LogP contribution in [0.25, 0.3) is 11.1 Å². The summed E-state index contributed by atoms with van der Waals surface area (Å²) < 4.78 is 11.7. The summed E-state index contributed by atoms with van der Waals surface area (Å²) in [5.74, 6) is -0.881. The highest BCUT2D eigenvalue weighted by molar-refractivity contribution is 5.95. The van der Waals surface area contributed by atoms with Gasteiger partial charge in [0, 0.05) is 31.2 Å². The number of carbonyl (C=O) groups excluding carboxylic acids is 2. The highest BCUT2D eigenvalue weighted by Gasteiger charge is 2.61. The van der Waals surface area contributed by atoms with Gasteiger partial charge in [0.15, 0.2) is 11.5 Å². The Kier molecular flexibility index (Phi) is 6.49. The van der Waals surface area contributed by atoms with E-state index in [2.05, 4.69) is 10.3 Å². The number of benzene rings is 1. The summed E-state index contributed by atoms with van der Waals surface area (Å²) in [4.78, 5) is 44.9. The number of rotatable bonds is 3. The van der Waals surface area contributed by atoms with Crippen LogP contribution in [0.3, 0.4) is 0 Å². The van der Waals surface area contributed by atoms with Gasteiger partial charge >= 0.3 is 5.97 Å². The SMILES string of the molecule is Cc1nc2cc(O[C@@H]3C[C@H]4C(=O)N[C@]5(C(=O)O)C[C@@H]5/C=C\CCCCC[C@H](C)C(=O)N4C3)ccc2o1. The first-order valence-electron chi connectivity index (χ1n) is 12.8. The van der Waals surface area contributed by atoms with Gasteiger partial charge in [0.05, 0.1) is 6.54 Å². The number of fused-ring (bicyclic) bond motifs is 3. The van der Waals surface area contributed by atoms with Gasteiger partial charge in [0.25, 0.3) is 0 Å². The zero-order valence-corrected chi connectivity index (χ0v) is 20.7. The molecule has 1 aliphatic carbocycles. The number of amides is 2. The number of ether oxygens (including phenoxy) is 1. The van der Waals surface area contributed by atoms with Gasteiger partial charge in [-0.3, -0.25) is 9.59 Å². The number of nitrogens with zero attached hydrogens (tertiary/aromatic N) is 2. The second-order valence-electron chi connectivity index (χ2n) is 10.4. The van der Waals surface area contributed by atoms with Crippen LogP contribution in [0, 0.1) is 18.8 Å². The quantitative estimate of drug-likeness (QED) is 0.624. The number of hydrogen-bond donors (Lipinski definition) is 2. The van der Waals surface area contributed by atoms with Crippen molar-refractivity contribution in [3.63, 3.8) is 0 Å². The van der Waals surface area contributed by atoms with Crippen LogP contribution in [0.15, 0.2) is 34.8 Å². The number of hydrogen-bond acceptors (Lipinski definition) is 6. The van der Waals surface area contributed by atoms with E-state index in [4.69, 9.17) is 9.15 Å². The molecular formula is C27H33N3O6. The van der Waals surface area contributed by atoms with Gasteiger partial charge in [-0.2, -0.15) is 0 Å². The third-order valence-electron chi connectivity index (χ3n) is 7.66. The van der Waals surface area contributed by atoms with E-state index in [0.717, 1.165) is 32.1 Å². The minimum absolute atomic E-state index is 0.0893. The summed E-state index contributed by atoms with van der Waals surface area (Å²) in [6.07, 6.45) is 8.74. The predicted octanol–water partition coefficient (Wildman–Crippen LogP) is 3.60. The summed E-state index contributed by atoms with van der Waals surface area (Å²) in [5.41, 5.74) is 0.0360. The van der Waals surface area contributed by atoms with Crippen LogP contribution in [0.5, 0.6) is 5.75 Å². The molecule has 2 fully saturated rings. The monoisotopic (exact) mass is 495 g/mol. The van der Waals surface area contributed by atoms with Gasteiger partial charge in [0.1, 0.15) is 29.0 Å². The third-order valence-corrected chi connectivity index (χ3v) is 7.66. The highest BCUT2D eigenvalue weighted by Crippen LogP contribution is 2.45. The van der Waals surface area contributed by atoms with Crippen molar-refractivity contribution in [1.29, 1.82) is 0 Å². The molecular weight excluding hydrogens is 462 g/mol. The van der Waals surface area contributed by atoms with E-state index in [-0.39, 0.29) is 30.7 Å². The van der Waals surface area contributed by atoms with Crippen LogP contribution in [0.4, 0.5) is 0 Å². The minimum atomic E-state index is -1.30. The third kappa shape index (κ3) is 4.70. The van der Waals surface area contributed by atoms with E-state index >= 15 is 0 Å². The average molecular weight is 496 g/mol. The number of carbonyl (C=O) groups is 3. The molecule has 5 rings (SSSR count). The molecule has 1 aromatic heterocycles. The smallest absolute Gasteiger partial charge is 0.330 e. The molecule has 3 aliphatic rings. The Morgan fingerprint density at radius 1 is 1.28 bits per heavy atom. The van der Waals surface area contributed by atoms with Gasteiger partial charge < -0.3 is 24.5 Å². The van der Waals surface area contributed by atoms with E-state index in [1.54, 1.807) is 30.0 Å². The van der Waals surface area contributed by atoms with E-state index in [1.165, 1.54) is 0 Å². The lowest BCUT2D eigenvalue weighted by Gasteiger charge is -2.27. The Morgan fingerprint density at radius 2 is 2.11 bits per heavy atom. The fourth-order valence-electron chi connectivity index (χ4n) is 5.49. The van der Waals surface area contributed by atoms with E-state index in [1.807, 2.05) is 19.1 Å². The van der Waals surface area contributed by atoms with Crippen LogP contribution >= 0.6 is 0 Å². The average Bonchev–Trinajstić information content (AvgIpc) is 3.17. The standard InChI is InChI=1S/C27H33N3O6/c1-16-8-6-4-3-5-7-9-18-14-27(18,26(33)34)29-24(31)22-13-20(15-30(22)25(16)32)36-19-10-11-23-21(12-19)28-17(2)35-23/h7,9-12,16,18,20,22H,3-6,8,13-15H2,1-2H3,(H,29,31)(H,33,34)/b9-7-/t16-,18-,20+,22-,27+/m0/s1. The minimum Gasteiger partial charge on any atom is -0.488 e. The molecule has 0 bridgehead atoms. The fraction of sp³-hybridized carbons (Fsp3) is 0.556. The maximum absolute atomic E-state index is 13.4. The zero-order valence-electron chi connectivity index (χ0n) is 20.7. The maximum Gasteiger partial charge on any atom is 0.330 e. The van der Waals surface area contributed by atoms with Crippen molar-refractivity contribution in [3.8, 4) is 5.75 Å². The molecule has 1 saturated carbocycles. The molecule has 36 heavy (non-hydrogen) atoms. The van der Waals surface area contributed by atoms with Crippen molar-refractivity contribution in [2.24, 2.45) is 11.8 Å². The molecule has 9 heteroatoms. The van der Waals surface area contributed by atoms with Crippen molar-refractivity contribution in [2.75, 3.05) is 6.54 Å². The van der Waals surface area contributed by atoms with Crippen molar-refractivity contribution >= 4 is 28.9 Å². The van der Waals surface area contributed by atoms with Gasteiger partial charge in [-0.1, -0.05) is 31.9 Å². The number of aryl methyl sites for hydroxylation is 1. The molecule has 0 unspecified atom stereocenters. The number of aliphatic carboxylic acids is 1. The van der Waals surface area contributed by atoms with Gasteiger partial charge in [-0.25, -0.2) is 9.78 Å². The summed E-state index contributed by atoms with van der Waals surface area (Å²) >= 11 is 0. The Balaban J connectivity index is 1.38. The second-order valence-corrected chi connectivity index (χ2v) is 10.4. The lowest BCUT2D eigenvalue weighted by Crippen LogP contribution is -2.53. The Morgan fingerprint density at radius 3 is 2.92 bits per heavy atom. The molecule has 5 atom stereocenters. The number of nitrogens with one attached hydrogen (secondary N) is 1. The second kappa shape index (κ2) is 9.59. The molecule has 1 saturated heterocycles. The molecule has 1 aromatic carbocycles. The van der Waals surface area contributed by atoms with Crippen LogP contribution in [-0.4, -0.2) is 57.0 Å². The van der Waals surface area contributed by atoms with Crippen molar-refractivity contribution in [2.45, 2.75) is 76.5 Å². The zero-order chi connectivity index (χ0) is 25.4. The number of allylic oxidation sites excluding steroid dienone is 1. The number of carboxylic acid groups (broad SMARTS) is 1. The molecule has 2 aliphatic heterocycles. The first-order valence-corrected chi connectivity index (χ1v) is 12.8. The van der Waals surface area contributed by atoms with Gasteiger partial charge in [-0.05, 0) is 37.8 Å². The lowest BCUT2D eigenvalue weighted by atomic mass is 10.0. The molecule has 0 radical (unpaired) electrons. The van der Waals surface area contributed by atoms with E-state index in [0.29, 0.717) is 29.2 Å². The van der Waals surface area contributed by atoms with E-state index in [9.17, 15) is 19.5 Å². The summed E-state index contributed by atoms with van der Waals surface area (Å²) in [6.45, 7) is 3.94. The maximum atomic E-state index is 13.4. The van der Waals surface area contributed by atoms with Crippen molar-refractivity contribution in [1.82, 2.24) is 15.2 Å². The van der Waals surface area contributed by atoms with Crippen LogP contribution in [-0.2, 0) is 14.4 Å². The summed E-state index contributed by atoms with van der Waals surface area (Å²) in [6, 6.07) is 4.58. The fourth-order valence-corrected chi connectivity index (χ4v) is 5.49. The molecule has 192 valence electrons. The lowest BCUT2D eigenvalue weighted by molar-refractivity contribution is -0.146. The molecule has 9 nitrogen and oxygen atoms in total. The molecule has 2 aromatic rings. The van der Waals surface area contributed by atoms with Crippen LogP contribution in [0.2, 0.25) is 0 Å². The Labute approximate surface area is 209 Å². The van der Waals surface area contributed by atoms with Crippen LogP contribution < -0.4 is 10.1 Å². The first-order chi connectivity index (χ1) is 17.3. The normalized spacial score (nSPS) is 32.1. The van der Waals surface area contributed by atoms with Crippen molar-refractivity contribution < 1.29 is 28.6 Å². The largest absolute Gasteiger partial charge is 0.488 e. The molecule has 3 heterocycles. The Bertz CT molecular complexity index is 1210. The van der Waals surface area contributed by atoms with E-state index < -0.39 is 29.6 Å². The van der Waals surface area contributed by atoms with Crippen molar-refractivity contribution in [3.05, 3.63) is 36.2 Å². The summed E-state index contributed by atoms with van der Waals surface area (Å²) in [5, 5.41) is 12.7. The molecule has 2 amide bonds. The predicted molar refractivity (Wildman–Crippen MR) is 131 cm³/mol. The van der Waals surface area contributed by atoms with Gasteiger partial charge in [-0.15, -0.1) is 0 Å². The van der Waals surface area contributed by atoms with Gasteiger partial charge in [0.2, 0.25) is 11.8 Å². The topological polar surface area (TPSA) is 122 Å². The number of aromatic nitrogens is 1.